The van der Waals surface area contributed by atoms with Crippen molar-refractivity contribution in [1.29, 1.82) is 0 Å². The van der Waals surface area contributed by atoms with E-state index in [1.54, 1.807) is 6.20 Å². The van der Waals surface area contributed by atoms with Gasteiger partial charge in [-0.05, 0) is 46.3 Å². The molecule has 0 radical (unpaired) electrons. The van der Waals surface area contributed by atoms with Crippen LogP contribution in [-0.2, 0) is 24.8 Å². The topological polar surface area (TPSA) is 67.2 Å². The number of hydrogen-bond acceptors (Lipinski definition) is 5. The van der Waals surface area contributed by atoms with Crippen LogP contribution in [0.15, 0.2) is 18.5 Å². The first-order valence-electron chi connectivity index (χ1n) is 9.19. The van der Waals surface area contributed by atoms with E-state index in [0.717, 1.165) is 48.7 Å². The van der Waals surface area contributed by atoms with Crippen LogP contribution in [-0.4, -0.2) is 56.1 Å². The minimum atomic E-state index is 0.0608. The number of carbonyl (C=O) groups is 1. The van der Waals surface area contributed by atoms with Gasteiger partial charge in [0.1, 0.15) is 5.82 Å². The van der Waals surface area contributed by atoms with Crippen LogP contribution in [0.25, 0.3) is 0 Å². The average Bonchev–Trinajstić information content (AvgIpc) is 3.23. The summed E-state index contributed by atoms with van der Waals surface area (Å²) >= 11 is 0. The maximum Gasteiger partial charge on any atom is 0.223 e. The second-order valence-electron chi connectivity index (χ2n) is 7.26. The van der Waals surface area contributed by atoms with Crippen molar-refractivity contribution in [2.75, 3.05) is 20.6 Å². The standard InChI is InChI=1S/C19H28N6O/c1-14-20-12-15(13-23(2)3)19(22-14)17-6-5-11-25(17)18(26)8-7-16-9-10-21-24(16)4/h9-10,12,17H,5-8,11,13H2,1-4H3/t17-/m1/s1. The van der Waals surface area contributed by atoms with E-state index in [1.807, 2.05) is 49.9 Å². The number of hydrogen-bond donors (Lipinski definition) is 0. The fourth-order valence-corrected chi connectivity index (χ4v) is 3.64. The van der Waals surface area contributed by atoms with Crippen molar-refractivity contribution in [3.05, 3.63) is 41.2 Å². The number of aromatic nitrogens is 4. The van der Waals surface area contributed by atoms with Crippen molar-refractivity contribution in [2.45, 2.75) is 45.2 Å². The highest BCUT2D eigenvalue weighted by molar-refractivity contribution is 5.77. The SMILES string of the molecule is Cc1ncc(CN(C)C)c([C@H]2CCCN2C(=O)CCc2ccnn2C)n1. The van der Waals surface area contributed by atoms with E-state index in [0.29, 0.717) is 12.8 Å². The lowest BCUT2D eigenvalue weighted by molar-refractivity contribution is -0.132. The molecule has 26 heavy (non-hydrogen) atoms. The summed E-state index contributed by atoms with van der Waals surface area (Å²) in [5.41, 5.74) is 3.20. The lowest BCUT2D eigenvalue weighted by atomic mass is 10.0. The fraction of sp³-hybridized carbons (Fsp3) is 0.579. The van der Waals surface area contributed by atoms with E-state index in [2.05, 4.69) is 15.0 Å². The van der Waals surface area contributed by atoms with Crippen LogP contribution < -0.4 is 0 Å². The molecule has 1 aliphatic heterocycles. The van der Waals surface area contributed by atoms with Crippen LogP contribution >= 0.6 is 0 Å². The summed E-state index contributed by atoms with van der Waals surface area (Å²) in [6, 6.07) is 2.03. The number of rotatable bonds is 6. The van der Waals surface area contributed by atoms with Gasteiger partial charge < -0.3 is 9.80 Å². The van der Waals surface area contributed by atoms with Crippen LogP contribution in [0.1, 0.15) is 48.1 Å². The molecule has 0 saturated carbocycles. The molecular formula is C19H28N6O. The van der Waals surface area contributed by atoms with E-state index >= 15 is 0 Å². The number of nitrogens with zero attached hydrogens (tertiary/aromatic N) is 6. The molecule has 140 valence electrons. The van der Waals surface area contributed by atoms with Gasteiger partial charge in [0.25, 0.3) is 0 Å². The zero-order valence-corrected chi connectivity index (χ0v) is 16.1. The van der Waals surface area contributed by atoms with Crippen molar-refractivity contribution < 1.29 is 4.79 Å². The van der Waals surface area contributed by atoms with Gasteiger partial charge in [0.2, 0.25) is 5.91 Å². The van der Waals surface area contributed by atoms with Gasteiger partial charge in [0.15, 0.2) is 0 Å². The highest BCUT2D eigenvalue weighted by atomic mass is 16.2. The van der Waals surface area contributed by atoms with Gasteiger partial charge in [-0.15, -0.1) is 0 Å². The Morgan fingerprint density at radius 3 is 2.88 bits per heavy atom. The van der Waals surface area contributed by atoms with Crippen molar-refractivity contribution in [2.24, 2.45) is 7.05 Å². The molecule has 0 bridgehead atoms. The quantitative estimate of drug-likeness (QED) is 0.790. The van der Waals surface area contributed by atoms with E-state index in [4.69, 9.17) is 4.98 Å². The summed E-state index contributed by atoms with van der Waals surface area (Å²) in [6.07, 6.45) is 6.89. The molecular weight excluding hydrogens is 328 g/mol. The number of likely N-dealkylation sites (tertiary alicyclic amines) is 1. The molecule has 1 saturated heterocycles. The van der Waals surface area contributed by atoms with Crippen LogP contribution in [0.4, 0.5) is 0 Å². The average molecular weight is 356 g/mol. The summed E-state index contributed by atoms with van der Waals surface area (Å²) in [4.78, 5) is 26.1. The number of amides is 1. The first-order chi connectivity index (χ1) is 12.5. The van der Waals surface area contributed by atoms with Gasteiger partial charge in [-0.3, -0.25) is 9.48 Å². The van der Waals surface area contributed by atoms with Crippen molar-refractivity contribution in [3.8, 4) is 0 Å². The van der Waals surface area contributed by atoms with Gasteiger partial charge in [-0.25, -0.2) is 9.97 Å². The molecule has 7 heteroatoms. The Labute approximate surface area is 155 Å². The van der Waals surface area contributed by atoms with Gasteiger partial charge in [-0.2, -0.15) is 5.10 Å². The zero-order valence-electron chi connectivity index (χ0n) is 16.1. The van der Waals surface area contributed by atoms with Crippen LogP contribution in [0.3, 0.4) is 0 Å². The van der Waals surface area contributed by atoms with E-state index in [-0.39, 0.29) is 11.9 Å². The Hall–Kier alpha value is -2.28. The Bertz CT molecular complexity index is 769. The van der Waals surface area contributed by atoms with E-state index in [9.17, 15) is 4.79 Å². The monoisotopic (exact) mass is 356 g/mol. The molecule has 2 aromatic heterocycles. The van der Waals surface area contributed by atoms with Crippen molar-refractivity contribution in [1.82, 2.24) is 29.5 Å². The molecule has 3 heterocycles. The highest BCUT2D eigenvalue weighted by Gasteiger charge is 2.32. The van der Waals surface area contributed by atoms with Gasteiger partial charge in [0, 0.05) is 50.2 Å². The van der Waals surface area contributed by atoms with Crippen LogP contribution in [0, 0.1) is 6.92 Å². The Balaban J connectivity index is 1.76. The van der Waals surface area contributed by atoms with Crippen LogP contribution in [0.5, 0.6) is 0 Å². The molecule has 0 spiro atoms. The Morgan fingerprint density at radius 1 is 1.38 bits per heavy atom. The Morgan fingerprint density at radius 2 is 2.19 bits per heavy atom. The lowest BCUT2D eigenvalue weighted by Crippen LogP contribution is -2.32. The molecule has 1 atom stereocenters. The first kappa shape index (κ1) is 18.5. The molecule has 0 aliphatic carbocycles. The van der Waals surface area contributed by atoms with Crippen molar-refractivity contribution in [3.63, 3.8) is 0 Å². The minimum absolute atomic E-state index is 0.0608. The highest BCUT2D eigenvalue weighted by Crippen LogP contribution is 2.33. The van der Waals surface area contributed by atoms with Crippen LogP contribution in [0.2, 0.25) is 0 Å². The smallest absolute Gasteiger partial charge is 0.223 e. The lowest BCUT2D eigenvalue weighted by Gasteiger charge is -2.27. The van der Waals surface area contributed by atoms with E-state index < -0.39 is 0 Å². The molecule has 0 unspecified atom stereocenters. The predicted molar refractivity (Wildman–Crippen MR) is 99.4 cm³/mol. The number of aryl methyl sites for hydroxylation is 3. The maximum absolute atomic E-state index is 12.9. The van der Waals surface area contributed by atoms with Gasteiger partial charge in [-0.1, -0.05) is 0 Å². The third-order valence-corrected chi connectivity index (χ3v) is 4.91. The molecule has 0 aromatic carbocycles. The Kier molecular flexibility index (Phi) is 5.66. The predicted octanol–water partition coefficient (Wildman–Crippen LogP) is 1.88. The van der Waals surface area contributed by atoms with Gasteiger partial charge >= 0.3 is 0 Å². The molecule has 1 aliphatic rings. The largest absolute Gasteiger partial charge is 0.334 e. The molecule has 0 N–H and O–H groups in total. The zero-order chi connectivity index (χ0) is 18.7. The first-order valence-corrected chi connectivity index (χ1v) is 9.19. The fourth-order valence-electron chi connectivity index (χ4n) is 3.64. The second-order valence-corrected chi connectivity index (χ2v) is 7.26. The normalized spacial score (nSPS) is 17.3. The summed E-state index contributed by atoms with van der Waals surface area (Å²) < 4.78 is 1.83. The maximum atomic E-state index is 12.9. The summed E-state index contributed by atoms with van der Waals surface area (Å²) in [7, 11) is 5.99. The third-order valence-electron chi connectivity index (χ3n) is 4.91. The molecule has 3 rings (SSSR count). The molecule has 1 fully saturated rings. The number of carbonyl (C=O) groups excluding carboxylic acids is 1. The third kappa shape index (κ3) is 4.09. The summed E-state index contributed by atoms with van der Waals surface area (Å²) in [5.74, 6) is 0.956. The van der Waals surface area contributed by atoms with Crippen molar-refractivity contribution >= 4 is 5.91 Å². The summed E-state index contributed by atoms with van der Waals surface area (Å²) in [5, 5.41) is 4.17. The molecule has 2 aromatic rings. The van der Waals surface area contributed by atoms with E-state index in [1.165, 1.54) is 0 Å². The second kappa shape index (κ2) is 7.95. The minimum Gasteiger partial charge on any atom is -0.334 e. The van der Waals surface area contributed by atoms with Gasteiger partial charge in [0.05, 0.1) is 11.7 Å². The molecule has 7 nitrogen and oxygen atoms in total. The molecule has 1 amide bonds. The summed E-state index contributed by atoms with van der Waals surface area (Å²) in [6.45, 7) is 3.50.